The number of benzene rings is 1. The Hall–Kier alpha value is -1.94. The predicted octanol–water partition coefficient (Wildman–Crippen LogP) is 2.81. The minimum Gasteiger partial charge on any atom is -0.307 e. The van der Waals surface area contributed by atoms with Crippen LogP contribution < -0.4 is 5.56 Å². The Balaban J connectivity index is 1.82. The maximum absolute atomic E-state index is 11.9. The molecule has 0 aliphatic carbocycles. The molecule has 1 fully saturated rings. The van der Waals surface area contributed by atoms with Gasteiger partial charge in [-0.05, 0) is 25.9 Å². The summed E-state index contributed by atoms with van der Waals surface area (Å²) in [4.78, 5) is 21.7. The van der Waals surface area contributed by atoms with Crippen LogP contribution in [0.1, 0.15) is 31.4 Å². The van der Waals surface area contributed by atoms with E-state index in [1.165, 1.54) is 25.7 Å². The summed E-state index contributed by atoms with van der Waals surface area (Å²) in [7, 11) is 0. The molecule has 2 aromatic rings. The maximum Gasteiger partial charge on any atom is 0.251 e. The second kappa shape index (κ2) is 6.68. The molecule has 3 rings (SSSR count). The quantitative estimate of drug-likeness (QED) is 0.942. The van der Waals surface area contributed by atoms with Crippen molar-refractivity contribution >= 4 is 0 Å². The first-order chi connectivity index (χ1) is 10.3. The van der Waals surface area contributed by atoms with Crippen LogP contribution in [-0.2, 0) is 6.54 Å². The highest BCUT2D eigenvalue weighted by Crippen LogP contribution is 2.15. The van der Waals surface area contributed by atoms with E-state index in [4.69, 9.17) is 0 Å². The highest BCUT2D eigenvalue weighted by Gasteiger charge is 2.11. The number of H-pyrrole nitrogens is 1. The average molecular weight is 283 g/mol. The fraction of sp³-hybridized carbons (Fsp3) is 0.412. The molecule has 0 unspecified atom stereocenters. The van der Waals surface area contributed by atoms with Gasteiger partial charge in [0.15, 0.2) is 0 Å². The van der Waals surface area contributed by atoms with E-state index in [-0.39, 0.29) is 5.56 Å². The summed E-state index contributed by atoms with van der Waals surface area (Å²) < 4.78 is 0. The third kappa shape index (κ3) is 3.79. The molecule has 0 saturated carbocycles. The molecule has 4 nitrogen and oxygen atoms in total. The Bertz CT molecular complexity index is 628. The minimum atomic E-state index is -0.0753. The Kier molecular flexibility index (Phi) is 4.46. The van der Waals surface area contributed by atoms with Gasteiger partial charge in [0, 0.05) is 18.2 Å². The van der Waals surface area contributed by atoms with Gasteiger partial charge < -0.3 is 4.98 Å². The molecule has 0 amide bonds. The van der Waals surface area contributed by atoms with Crippen LogP contribution in [0.25, 0.3) is 11.4 Å². The molecule has 1 aliphatic heterocycles. The molecule has 21 heavy (non-hydrogen) atoms. The number of aromatic amines is 1. The molecule has 4 heteroatoms. The number of nitrogens with zero attached hydrogens (tertiary/aromatic N) is 2. The van der Waals surface area contributed by atoms with Gasteiger partial charge in [0.25, 0.3) is 5.56 Å². The van der Waals surface area contributed by atoms with Crippen molar-refractivity contribution in [3.63, 3.8) is 0 Å². The molecular formula is C17H21N3O. The maximum atomic E-state index is 11.9. The lowest BCUT2D eigenvalue weighted by Crippen LogP contribution is -2.25. The van der Waals surface area contributed by atoms with Crippen molar-refractivity contribution in [2.75, 3.05) is 13.1 Å². The number of aromatic nitrogens is 2. The lowest BCUT2D eigenvalue weighted by atomic mass is 10.2. The van der Waals surface area contributed by atoms with Crippen molar-refractivity contribution in [1.29, 1.82) is 0 Å². The minimum absolute atomic E-state index is 0.0753. The van der Waals surface area contributed by atoms with Crippen molar-refractivity contribution in [2.24, 2.45) is 0 Å². The first-order valence-corrected chi connectivity index (χ1v) is 7.69. The summed E-state index contributed by atoms with van der Waals surface area (Å²) in [6.45, 7) is 2.98. The number of rotatable bonds is 3. The Morgan fingerprint density at radius 3 is 2.48 bits per heavy atom. The zero-order chi connectivity index (χ0) is 14.5. The van der Waals surface area contributed by atoms with E-state index < -0.39 is 0 Å². The molecule has 1 aliphatic rings. The molecule has 1 aromatic heterocycles. The van der Waals surface area contributed by atoms with Crippen molar-refractivity contribution in [3.05, 3.63) is 52.4 Å². The number of hydrogen-bond acceptors (Lipinski definition) is 3. The van der Waals surface area contributed by atoms with Gasteiger partial charge in [-0.3, -0.25) is 9.69 Å². The zero-order valence-electron chi connectivity index (χ0n) is 12.2. The molecule has 0 spiro atoms. The number of hydrogen-bond donors (Lipinski definition) is 1. The summed E-state index contributed by atoms with van der Waals surface area (Å²) >= 11 is 0. The van der Waals surface area contributed by atoms with Crippen LogP contribution in [0.2, 0.25) is 0 Å². The van der Waals surface area contributed by atoms with Gasteiger partial charge in [-0.25, -0.2) is 4.98 Å². The lowest BCUT2D eigenvalue weighted by molar-refractivity contribution is 0.273. The van der Waals surface area contributed by atoms with Gasteiger partial charge in [-0.15, -0.1) is 0 Å². The van der Waals surface area contributed by atoms with E-state index in [9.17, 15) is 4.79 Å². The van der Waals surface area contributed by atoms with E-state index >= 15 is 0 Å². The predicted molar refractivity (Wildman–Crippen MR) is 84.0 cm³/mol. The number of nitrogens with one attached hydrogen (secondary N) is 1. The van der Waals surface area contributed by atoms with E-state index in [0.29, 0.717) is 5.82 Å². The highest BCUT2D eigenvalue weighted by atomic mass is 16.1. The third-order valence-corrected chi connectivity index (χ3v) is 3.93. The van der Waals surface area contributed by atoms with Gasteiger partial charge >= 0.3 is 0 Å². The van der Waals surface area contributed by atoms with Gasteiger partial charge in [0.05, 0.1) is 5.69 Å². The Labute approximate surface area is 124 Å². The topological polar surface area (TPSA) is 49.0 Å². The monoisotopic (exact) mass is 283 g/mol. The van der Waals surface area contributed by atoms with Crippen molar-refractivity contribution in [3.8, 4) is 11.4 Å². The van der Waals surface area contributed by atoms with Crippen LogP contribution in [0, 0.1) is 0 Å². The standard InChI is InChI=1S/C17H21N3O/c21-16-12-15(13-20-10-6-1-2-7-11-20)18-17(19-16)14-8-4-3-5-9-14/h3-5,8-9,12H,1-2,6-7,10-11,13H2,(H,18,19,21). The molecule has 2 heterocycles. The Morgan fingerprint density at radius 1 is 1.05 bits per heavy atom. The molecule has 1 aromatic carbocycles. The van der Waals surface area contributed by atoms with E-state index in [1.54, 1.807) is 6.07 Å². The van der Waals surface area contributed by atoms with Gasteiger partial charge in [0.1, 0.15) is 5.82 Å². The van der Waals surface area contributed by atoms with Crippen LogP contribution in [0.5, 0.6) is 0 Å². The zero-order valence-corrected chi connectivity index (χ0v) is 12.2. The Morgan fingerprint density at radius 2 is 1.76 bits per heavy atom. The largest absolute Gasteiger partial charge is 0.307 e. The molecule has 0 bridgehead atoms. The second-order valence-electron chi connectivity index (χ2n) is 5.64. The van der Waals surface area contributed by atoms with Gasteiger partial charge in [-0.2, -0.15) is 0 Å². The van der Waals surface area contributed by atoms with Crippen LogP contribution in [0.3, 0.4) is 0 Å². The summed E-state index contributed by atoms with van der Waals surface area (Å²) in [5.74, 6) is 0.660. The molecule has 0 radical (unpaired) electrons. The fourth-order valence-electron chi connectivity index (χ4n) is 2.85. The molecular weight excluding hydrogens is 262 g/mol. The van der Waals surface area contributed by atoms with E-state index in [1.807, 2.05) is 30.3 Å². The lowest BCUT2D eigenvalue weighted by Gasteiger charge is -2.19. The molecule has 110 valence electrons. The third-order valence-electron chi connectivity index (χ3n) is 3.93. The van der Waals surface area contributed by atoms with Crippen LogP contribution in [0.15, 0.2) is 41.2 Å². The summed E-state index contributed by atoms with van der Waals surface area (Å²) in [6, 6.07) is 11.4. The molecule has 1 N–H and O–H groups in total. The SMILES string of the molecule is O=c1cc(CN2CCCCCC2)nc(-c2ccccc2)[nH]1. The van der Waals surface area contributed by atoms with Gasteiger partial charge in [0.2, 0.25) is 0 Å². The van der Waals surface area contributed by atoms with E-state index in [2.05, 4.69) is 14.9 Å². The molecule has 1 saturated heterocycles. The van der Waals surface area contributed by atoms with Crippen LogP contribution >= 0.6 is 0 Å². The number of likely N-dealkylation sites (tertiary alicyclic amines) is 1. The smallest absolute Gasteiger partial charge is 0.251 e. The van der Waals surface area contributed by atoms with Crippen LogP contribution in [0.4, 0.5) is 0 Å². The van der Waals surface area contributed by atoms with Crippen LogP contribution in [-0.4, -0.2) is 28.0 Å². The van der Waals surface area contributed by atoms with Crippen molar-refractivity contribution < 1.29 is 0 Å². The summed E-state index contributed by atoms with van der Waals surface area (Å²) in [5.41, 5.74) is 1.74. The summed E-state index contributed by atoms with van der Waals surface area (Å²) in [5, 5.41) is 0. The molecule has 0 atom stereocenters. The van der Waals surface area contributed by atoms with Crippen molar-refractivity contribution in [2.45, 2.75) is 32.2 Å². The first-order valence-electron chi connectivity index (χ1n) is 7.69. The van der Waals surface area contributed by atoms with Crippen molar-refractivity contribution in [1.82, 2.24) is 14.9 Å². The second-order valence-corrected chi connectivity index (χ2v) is 5.64. The van der Waals surface area contributed by atoms with E-state index in [0.717, 1.165) is 30.9 Å². The summed E-state index contributed by atoms with van der Waals surface area (Å²) in [6.07, 6.45) is 5.12. The normalized spacial score (nSPS) is 16.6. The first kappa shape index (κ1) is 14.0. The van der Waals surface area contributed by atoms with Gasteiger partial charge in [-0.1, -0.05) is 43.2 Å². The highest BCUT2D eigenvalue weighted by molar-refractivity contribution is 5.54. The fourth-order valence-corrected chi connectivity index (χ4v) is 2.85. The average Bonchev–Trinajstić information content (AvgIpc) is 2.76.